The fourth-order valence-corrected chi connectivity index (χ4v) is 2.71. The van der Waals surface area contributed by atoms with E-state index in [1.807, 2.05) is 0 Å². The van der Waals surface area contributed by atoms with Gasteiger partial charge in [-0.3, -0.25) is 0 Å². The van der Waals surface area contributed by atoms with Crippen molar-refractivity contribution in [3.05, 3.63) is 70.3 Å². The second-order valence-corrected chi connectivity index (χ2v) is 5.27. The van der Waals surface area contributed by atoms with Gasteiger partial charge in [0.2, 0.25) is 0 Å². The predicted octanol–water partition coefficient (Wildman–Crippen LogP) is 4.89. The minimum Gasteiger partial charge on any atom is -0.485 e. The van der Waals surface area contributed by atoms with Crippen LogP contribution in [0.4, 0.5) is 0 Å². The maximum absolute atomic E-state index is 6.07. The van der Waals surface area contributed by atoms with Crippen LogP contribution in [0.3, 0.4) is 0 Å². The van der Waals surface area contributed by atoms with Gasteiger partial charge in [0.1, 0.15) is 11.9 Å². The van der Waals surface area contributed by atoms with Gasteiger partial charge in [0, 0.05) is 5.56 Å². The highest BCUT2D eigenvalue weighted by molar-refractivity contribution is 5.80. The van der Waals surface area contributed by atoms with Crippen LogP contribution in [0.15, 0.2) is 42.5 Å². The molecule has 1 unspecified atom stereocenters. The number of aryl methyl sites for hydroxylation is 2. The topological polar surface area (TPSA) is 9.23 Å². The van der Waals surface area contributed by atoms with Crippen LogP contribution in [-0.4, -0.2) is 0 Å². The zero-order valence-corrected chi connectivity index (χ0v) is 11.6. The van der Waals surface area contributed by atoms with E-state index in [0.29, 0.717) is 0 Å². The van der Waals surface area contributed by atoms with Crippen LogP contribution in [0, 0.1) is 13.8 Å². The Bertz CT molecular complexity index is 632. The second kappa shape index (κ2) is 4.58. The first-order valence-corrected chi connectivity index (χ1v) is 6.69. The Morgan fingerprint density at radius 1 is 0.947 bits per heavy atom. The number of hydrogen-bond donors (Lipinski definition) is 0. The predicted molar refractivity (Wildman–Crippen MR) is 79.7 cm³/mol. The zero-order chi connectivity index (χ0) is 13.4. The number of ether oxygens (including phenoxy) is 1. The molecule has 1 aliphatic heterocycles. The molecule has 96 valence electrons. The lowest BCUT2D eigenvalue weighted by Crippen LogP contribution is -2.07. The first-order chi connectivity index (χ1) is 9.13. The van der Waals surface area contributed by atoms with Gasteiger partial charge in [-0.15, -0.1) is 0 Å². The number of benzene rings is 2. The molecule has 0 N–H and O–H groups in total. The lowest BCUT2D eigenvalue weighted by atomic mass is 9.97. The average Bonchev–Trinajstić information content (AvgIpc) is 2.37. The van der Waals surface area contributed by atoms with E-state index < -0.39 is 0 Å². The van der Waals surface area contributed by atoms with E-state index in [9.17, 15) is 0 Å². The third kappa shape index (κ3) is 2.28. The van der Waals surface area contributed by atoms with E-state index in [4.69, 9.17) is 4.74 Å². The van der Waals surface area contributed by atoms with E-state index in [1.165, 1.54) is 27.8 Å². The van der Waals surface area contributed by atoms with E-state index in [-0.39, 0.29) is 6.10 Å². The van der Waals surface area contributed by atoms with E-state index in [1.54, 1.807) is 0 Å². The van der Waals surface area contributed by atoms with Gasteiger partial charge in [0.15, 0.2) is 0 Å². The summed E-state index contributed by atoms with van der Waals surface area (Å²) in [7, 11) is 0. The second-order valence-electron chi connectivity index (χ2n) is 5.27. The first kappa shape index (κ1) is 12.0. The van der Waals surface area contributed by atoms with Gasteiger partial charge in [0.25, 0.3) is 0 Å². The number of rotatable bonds is 1. The molecule has 1 heterocycles. The smallest absolute Gasteiger partial charge is 0.128 e. The van der Waals surface area contributed by atoms with Crippen molar-refractivity contribution in [2.45, 2.75) is 26.9 Å². The molecule has 2 aromatic carbocycles. The zero-order valence-electron chi connectivity index (χ0n) is 11.6. The van der Waals surface area contributed by atoms with Crippen LogP contribution >= 0.6 is 0 Å². The first-order valence-electron chi connectivity index (χ1n) is 6.69. The largest absolute Gasteiger partial charge is 0.485 e. The Labute approximate surface area is 114 Å². The van der Waals surface area contributed by atoms with Crippen LogP contribution in [0.2, 0.25) is 0 Å². The lowest BCUT2D eigenvalue weighted by Gasteiger charge is -2.25. The van der Waals surface area contributed by atoms with Crippen LogP contribution < -0.4 is 0 Å². The van der Waals surface area contributed by atoms with Crippen LogP contribution in [-0.2, 0) is 4.74 Å². The SMILES string of the molecule is Cc1cc(C)cc(C2=Cc3ccccc3C(C)O2)c1. The van der Waals surface area contributed by atoms with Gasteiger partial charge in [-0.2, -0.15) is 0 Å². The monoisotopic (exact) mass is 250 g/mol. The molecule has 1 heteroatoms. The van der Waals surface area contributed by atoms with Crippen LogP contribution in [0.5, 0.6) is 0 Å². The maximum Gasteiger partial charge on any atom is 0.128 e. The lowest BCUT2D eigenvalue weighted by molar-refractivity contribution is 0.186. The molecule has 3 rings (SSSR count). The van der Waals surface area contributed by atoms with Gasteiger partial charge in [-0.25, -0.2) is 0 Å². The molecule has 0 saturated carbocycles. The summed E-state index contributed by atoms with van der Waals surface area (Å²) in [4.78, 5) is 0. The molecule has 2 aromatic rings. The van der Waals surface area contributed by atoms with Crippen molar-refractivity contribution in [3.8, 4) is 0 Å². The van der Waals surface area contributed by atoms with Crippen molar-refractivity contribution < 1.29 is 4.74 Å². The fourth-order valence-electron chi connectivity index (χ4n) is 2.71. The van der Waals surface area contributed by atoms with Crippen molar-refractivity contribution in [2.24, 2.45) is 0 Å². The normalized spacial score (nSPS) is 17.4. The summed E-state index contributed by atoms with van der Waals surface area (Å²) in [5.41, 5.74) is 6.22. The Morgan fingerprint density at radius 2 is 1.63 bits per heavy atom. The molecule has 0 aromatic heterocycles. The van der Waals surface area contributed by atoms with E-state index >= 15 is 0 Å². The average molecular weight is 250 g/mol. The maximum atomic E-state index is 6.07. The molecule has 0 aliphatic carbocycles. The molecule has 1 aliphatic rings. The van der Waals surface area contributed by atoms with Gasteiger partial charge in [-0.1, -0.05) is 41.5 Å². The molecule has 0 fully saturated rings. The molecule has 19 heavy (non-hydrogen) atoms. The van der Waals surface area contributed by atoms with Crippen molar-refractivity contribution >= 4 is 11.8 Å². The quantitative estimate of drug-likeness (QED) is 0.700. The molecule has 0 spiro atoms. The molecular weight excluding hydrogens is 232 g/mol. The van der Waals surface area contributed by atoms with Crippen molar-refractivity contribution in [1.29, 1.82) is 0 Å². The fraction of sp³-hybridized carbons (Fsp3) is 0.222. The third-order valence-corrected chi connectivity index (χ3v) is 3.53. The minimum absolute atomic E-state index is 0.108. The Morgan fingerprint density at radius 3 is 2.37 bits per heavy atom. The summed E-state index contributed by atoms with van der Waals surface area (Å²) in [6.07, 6.45) is 2.25. The third-order valence-electron chi connectivity index (χ3n) is 3.53. The molecule has 0 bridgehead atoms. The van der Waals surface area contributed by atoms with Gasteiger partial charge in [-0.05, 0) is 50.1 Å². The van der Waals surface area contributed by atoms with E-state index in [0.717, 1.165) is 5.76 Å². The van der Waals surface area contributed by atoms with Crippen LogP contribution in [0.1, 0.15) is 40.8 Å². The summed E-state index contributed by atoms with van der Waals surface area (Å²) in [6, 6.07) is 15.0. The summed E-state index contributed by atoms with van der Waals surface area (Å²) in [5, 5.41) is 0. The molecule has 1 atom stereocenters. The summed E-state index contributed by atoms with van der Waals surface area (Å²) in [6.45, 7) is 6.35. The molecule has 0 radical (unpaired) electrons. The summed E-state index contributed by atoms with van der Waals surface area (Å²) < 4.78 is 6.07. The number of hydrogen-bond acceptors (Lipinski definition) is 1. The van der Waals surface area contributed by atoms with Gasteiger partial charge >= 0.3 is 0 Å². The van der Waals surface area contributed by atoms with Crippen molar-refractivity contribution in [1.82, 2.24) is 0 Å². The van der Waals surface area contributed by atoms with Crippen LogP contribution in [0.25, 0.3) is 11.8 Å². The highest BCUT2D eigenvalue weighted by Crippen LogP contribution is 2.35. The molecule has 0 saturated heterocycles. The summed E-state index contributed by atoms with van der Waals surface area (Å²) in [5.74, 6) is 0.970. The summed E-state index contributed by atoms with van der Waals surface area (Å²) >= 11 is 0. The molecule has 1 nitrogen and oxygen atoms in total. The minimum atomic E-state index is 0.108. The Kier molecular flexibility index (Phi) is 2.90. The molecule has 0 amide bonds. The highest BCUT2D eigenvalue weighted by Gasteiger charge is 2.19. The van der Waals surface area contributed by atoms with E-state index in [2.05, 4.69) is 69.3 Å². The van der Waals surface area contributed by atoms with Gasteiger partial charge < -0.3 is 4.74 Å². The number of fused-ring (bicyclic) bond motifs is 1. The standard InChI is InChI=1S/C18H18O/c1-12-8-13(2)10-16(9-12)18-11-15-6-4-5-7-17(15)14(3)19-18/h4-11,14H,1-3H3. The molecular formula is C18H18O. The highest BCUT2D eigenvalue weighted by atomic mass is 16.5. The van der Waals surface area contributed by atoms with Crippen molar-refractivity contribution in [2.75, 3.05) is 0 Å². The Balaban J connectivity index is 2.10. The van der Waals surface area contributed by atoms with Crippen molar-refractivity contribution in [3.63, 3.8) is 0 Å². The Hall–Kier alpha value is -2.02. The van der Waals surface area contributed by atoms with Gasteiger partial charge in [0.05, 0.1) is 0 Å².